The van der Waals surface area contributed by atoms with Crippen molar-refractivity contribution in [2.45, 2.75) is 52.7 Å². The van der Waals surface area contributed by atoms with Crippen LogP contribution in [0, 0.1) is 6.92 Å². The minimum atomic E-state index is 0.403. The quantitative estimate of drug-likeness (QED) is 0.829. The van der Waals surface area contributed by atoms with Crippen molar-refractivity contribution in [2.24, 2.45) is 0 Å². The molecule has 0 radical (unpaired) electrons. The van der Waals surface area contributed by atoms with Crippen LogP contribution < -0.4 is 5.32 Å². The number of benzene rings is 1. The first kappa shape index (κ1) is 14.8. The van der Waals surface area contributed by atoms with Crippen molar-refractivity contribution in [1.82, 2.24) is 15.1 Å². The molecule has 0 bridgehead atoms. The lowest BCUT2D eigenvalue weighted by Crippen LogP contribution is -2.22. The minimum Gasteiger partial charge on any atom is -0.304 e. The zero-order chi connectivity index (χ0) is 14.4. The van der Waals surface area contributed by atoms with Gasteiger partial charge < -0.3 is 5.32 Å². The molecular formula is C17H25N3. The molecule has 0 amide bonds. The third kappa shape index (κ3) is 3.70. The summed E-state index contributed by atoms with van der Waals surface area (Å²) in [5, 5.41) is 8.02. The van der Waals surface area contributed by atoms with E-state index in [1.807, 2.05) is 6.20 Å². The molecule has 0 aliphatic rings. The zero-order valence-electron chi connectivity index (χ0n) is 12.8. The highest BCUT2D eigenvalue weighted by Gasteiger charge is 2.10. The van der Waals surface area contributed by atoms with Crippen molar-refractivity contribution < 1.29 is 0 Å². The van der Waals surface area contributed by atoms with Gasteiger partial charge in [0.15, 0.2) is 0 Å². The van der Waals surface area contributed by atoms with Crippen LogP contribution in [0.15, 0.2) is 36.5 Å². The molecule has 0 fully saturated rings. The number of aromatic nitrogens is 2. The maximum atomic E-state index is 4.37. The number of hydrogen-bond acceptors (Lipinski definition) is 2. The molecule has 108 valence electrons. The van der Waals surface area contributed by atoms with Crippen LogP contribution >= 0.6 is 0 Å². The van der Waals surface area contributed by atoms with Crippen molar-refractivity contribution in [2.75, 3.05) is 0 Å². The Labute approximate surface area is 122 Å². The fraction of sp³-hybridized carbons (Fsp3) is 0.471. The second kappa shape index (κ2) is 7.25. The van der Waals surface area contributed by atoms with E-state index < -0.39 is 0 Å². The monoisotopic (exact) mass is 271 g/mol. The highest BCUT2D eigenvalue weighted by Crippen LogP contribution is 2.17. The van der Waals surface area contributed by atoms with Crippen LogP contribution in [0.1, 0.15) is 49.6 Å². The van der Waals surface area contributed by atoms with Crippen LogP contribution in [-0.4, -0.2) is 9.78 Å². The lowest BCUT2D eigenvalue weighted by atomic mass is 10.0. The number of hydrogen-bond donors (Lipinski definition) is 1. The van der Waals surface area contributed by atoms with E-state index in [9.17, 15) is 0 Å². The van der Waals surface area contributed by atoms with E-state index in [2.05, 4.69) is 66.2 Å². The Morgan fingerprint density at radius 1 is 1.15 bits per heavy atom. The van der Waals surface area contributed by atoms with E-state index in [0.29, 0.717) is 6.04 Å². The first-order chi connectivity index (χ1) is 9.74. The molecule has 1 unspecified atom stereocenters. The predicted octanol–water partition coefficient (Wildman–Crippen LogP) is 3.84. The van der Waals surface area contributed by atoms with Crippen LogP contribution in [0.3, 0.4) is 0 Å². The average molecular weight is 271 g/mol. The second-order valence-electron chi connectivity index (χ2n) is 5.30. The molecule has 3 heteroatoms. The first-order valence-electron chi connectivity index (χ1n) is 7.55. The molecule has 1 heterocycles. The zero-order valence-corrected chi connectivity index (χ0v) is 12.8. The lowest BCUT2D eigenvalue weighted by Gasteiger charge is -2.18. The summed E-state index contributed by atoms with van der Waals surface area (Å²) in [6, 6.07) is 11.3. The summed E-state index contributed by atoms with van der Waals surface area (Å²) in [5.74, 6) is 0. The van der Waals surface area contributed by atoms with E-state index in [1.165, 1.54) is 16.8 Å². The number of rotatable bonds is 7. The normalized spacial score (nSPS) is 12.6. The van der Waals surface area contributed by atoms with Gasteiger partial charge in [-0.05, 0) is 31.4 Å². The molecule has 2 rings (SSSR count). The summed E-state index contributed by atoms with van der Waals surface area (Å²) in [4.78, 5) is 0. The van der Waals surface area contributed by atoms with Gasteiger partial charge in [-0.3, -0.25) is 4.68 Å². The molecule has 0 aliphatic heterocycles. The fourth-order valence-corrected chi connectivity index (χ4v) is 2.45. The van der Waals surface area contributed by atoms with Gasteiger partial charge in [-0.15, -0.1) is 0 Å². The van der Waals surface area contributed by atoms with Gasteiger partial charge in [-0.1, -0.05) is 43.7 Å². The highest BCUT2D eigenvalue weighted by molar-refractivity contribution is 5.24. The van der Waals surface area contributed by atoms with Crippen LogP contribution in [0.5, 0.6) is 0 Å². The van der Waals surface area contributed by atoms with Gasteiger partial charge in [0.05, 0.1) is 5.69 Å². The van der Waals surface area contributed by atoms with Gasteiger partial charge >= 0.3 is 0 Å². The van der Waals surface area contributed by atoms with Gasteiger partial charge in [-0.25, -0.2) is 0 Å². The molecule has 1 N–H and O–H groups in total. The molecule has 0 aliphatic carbocycles. The summed E-state index contributed by atoms with van der Waals surface area (Å²) in [6.45, 7) is 8.39. The molecule has 1 atom stereocenters. The molecule has 1 aromatic carbocycles. The van der Waals surface area contributed by atoms with Crippen LogP contribution in [0.2, 0.25) is 0 Å². The molecule has 0 spiro atoms. The van der Waals surface area contributed by atoms with Gasteiger partial charge in [0.1, 0.15) is 0 Å². The Bertz CT molecular complexity index is 513. The Morgan fingerprint density at radius 2 is 1.90 bits per heavy atom. The highest BCUT2D eigenvalue weighted by atomic mass is 15.3. The molecule has 2 aromatic rings. The van der Waals surface area contributed by atoms with Crippen molar-refractivity contribution in [3.63, 3.8) is 0 Å². The van der Waals surface area contributed by atoms with E-state index >= 15 is 0 Å². The molecular weight excluding hydrogens is 246 g/mol. The maximum Gasteiger partial charge on any atom is 0.0522 e. The molecule has 1 aromatic heterocycles. The van der Waals surface area contributed by atoms with Crippen molar-refractivity contribution >= 4 is 0 Å². The molecule has 3 nitrogen and oxygen atoms in total. The summed E-state index contributed by atoms with van der Waals surface area (Å²) in [7, 11) is 0. The van der Waals surface area contributed by atoms with E-state index in [-0.39, 0.29) is 0 Å². The van der Waals surface area contributed by atoms with Crippen molar-refractivity contribution in [3.05, 3.63) is 53.3 Å². The predicted molar refractivity (Wildman–Crippen MR) is 83.6 cm³/mol. The summed E-state index contributed by atoms with van der Waals surface area (Å²) in [6.07, 6.45) is 4.09. The lowest BCUT2D eigenvalue weighted by molar-refractivity contribution is 0.487. The van der Waals surface area contributed by atoms with Gasteiger partial charge in [0.25, 0.3) is 0 Å². The maximum absolute atomic E-state index is 4.37. The van der Waals surface area contributed by atoms with Crippen molar-refractivity contribution in [3.8, 4) is 0 Å². The van der Waals surface area contributed by atoms with Gasteiger partial charge in [0, 0.05) is 25.3 Å². The Balaban J connectivity index is 2.00. The van der Waals surface area contributed by atoms with Crippen LogP contribution in [-0.2, 0) is 13.1 Å². The Hall–Kier alpha value is -1.61. The second-order valence-corrected chi connectivity index (χ2v) is 5.30. The third-order valence-corrected chi connectivity index (χ3v) is 3.66. The summed E-state index contributed by atoms with van der Waals surface area (Å²) >= 11 is 0. The number of nitrogens with zero attached hydrogens (tertiary/aromatic N) is 2. The smallest absolute Gasteiger partial charge is 0.0522 e. The average Bonchev–Trinajstić information content (AvgIpc) is 2.89. The van der Waals surface area contributed by atoms with E-state index in [4.69, 9.17) is 0 Å². The SMILES string of the molecule is CCCn1nccc1CNC(CC)c1ccc(C)cc1. The first-order valence-corrected chi connectivity index (χ1v) is 7.55. The molecule has 20 heavy (non-hydrogen) atoms. The van der Waals surface area contributed by atoms with E-state index in [1.54, 1.807) is 0 Å². The third-order valence-electron chi connectivity index (χ3n) is 3.66. The van der Waals surface area contributed by atoms with Crippen LogP contribution in [0.25, 0.3) is 0 Å². The fourth-order valence-electron chi connectivity index (χ4n) is 2.45. The number of aryl methyl sites for hydroxylation is 2. The van der Waals surface area contributed by atoms with Gasteiger partial charge in [0.2, 0.25) is 0 Å². The Morgan fingerprint density at radius 3 is 2.55 bits per heavy atom. The van der Waals surface area contributed by atoms with E-state index in [0.717, 1.165) is 25.9 Å². The Kier molecular flexibility index (Phi) is 5.36. The minimum absolute atomic E-state index is 0.403. The molecule has 0 saturated carbocycles. The largest absolute Gasteiger partial charge is 0.304 e. The standard InChI is InChI=1S/C17H25N3/c1-4-12-20-16(10-11-19-20)13-18-17(5-2)15-8-6-14(3)7-9-15/h6-11,17-18H,4-5,12-13H2,1-3H3. The summed E-state index contributed by atoms with van der Waals surface area (Å²) < 4.78 is 2.09. The van der Waals surface area contributed by atoms with Gasteiger partial charge in [-0.2, -0.15) is 5.10 Å². The molecule has 0 saturated heterocycles. The van der Waals surface area contributed by atoms with Crippen LogP contribution in [0.4, 0.5) is 0 Å². The van der Waals surface area contributed by atoms with Crippen molar-refractivity contribution in [1.29, 1.82) is 0 Å². The number of nitrogens with one attached hydrogen (secondary N) is 1. The topological polar surface area (TPSA) is 29.9 Å². The summed E-state index contributed by atoms with van der Waals surface area (Å²) in [5.41, 5.74) is 3.93.